The van der Waals surface area contributed by atoms with Crippen molar-refractivity contribution in [1.82, 2.24) is 10.2 Å². The van der Waals surface area contributed by atoms with Crippen LogP contribution in [0, 0.1) is 5.92 Å². The minimum Gasteiger partial charge on any atom is -0.355 e. The summed E-state index contributed by atoms with van der Waals surface area (Å²) >= 11 is 0. The van der Waals surface area contributed by atoms with Crippen molar-refractivity contribution in [1.29, 1.82) is 0 Å². The number of hydrogen-bond donors (Lipinski definition) is 2. The maximum atomic E-state index is 11.7. The number of nitrogens with one attached hydrogen (secondary N) is 1. The molecule has 1 rings (SSSR count). The molecule has 1 aliphatic carbocycles. The predicted molar refractivity (Wildman–Crippen MR) is 75.3 cm³/mol. The molecule has 0 aromatic rings. The number of carbonyl (C=O) groups is 1. The summed E-state index contributed by atoms with van der Waals surface area (Å²) < 4.78 is 0. The van der Waals surface area contributed by atoms with Crippen molar-refractivity contribution in [2.24, 2.45) is 11.7 Å². The minimum absolute atomic E-state index is 0.203. The summed E-state index contributed by atoms with van der Waals surface area (Å²) in [5.41, 5.74) is 5.88. The summed E-state index contributed by atoms with van der Waals surface area (Å²) in [4.78, 5) is 13.9. The van der Waals surface area contributed by atoms with E-state index in [1.807, 2.05) is 0 Å². The van der Waals surface area contributed by atoms with Crippen LogP contribution in [0.5, 0.6) is 0 Å². The van der Waals surface area contributed by atoms with Crippen LogP contribution in [-0.4, -0.2) is 43.5 Å². The van der Waals surface area contributed by atoms with Crippen LogP contribution in [0.25, 0.3) is 0 Å². The Labute approximate surface area is 111 Å². The molecule has 1 amide bonds. The highest BCUT2D eigenvalue weighted by molar-refractivity contribution is 5.75. The molecule has 0 heterocycles. The molecule has 0 bridgehead atoms. The summed E-state index contributed by atoms with van der Waals surface area (Å²) in [5, 5.41) is 2.99. The second-order valence-electron chi connectivity index (χ2n) is 5.57. The van der Waals surface area contributed by atoms with Gasteiger partial charge in [0.1, 0.15) is 0 Å². The largest absolute Gasteiger partial charge is 0.355 e. The van der Waals surface area contributed by atoms with Gasteiger partial charge in [0.25, 0.3) is 0 Å². The van der Waals surface area contributed by atoms with Crippen LogP contribution in [0.15, 0.2) is 0 Å². The third-order valence-electron chi connectivity index (χ3n) is 4.03. The van der Waals surface area contributed by atoms with Gasteiger partial charge in [-0.2, -0.15) is 0 Å². The summed E-state index contributed by atoms with van der Waals surface area (Å²) in [6, 6.07) is 0.402. The molecular weight excluding hydrogens is 226 g/mol. The molecule has 0 atom stereocenters. The van der Waals surface area contributed by atoms with Crippen molar-refractivity contribution >= 4 is 5.91 Å². The molecule has 0 aromatic heterocycles. The van der Waals surface area contributed by atoms with Crippen molar-refractivity contribution in [3.05, 3.63) is 0 Å². The highest BCUT2D eigenvalue weighted by Gasteiger charge is 2.18. The standard InChI is InChI=1S/C14H29N3O/c1-3-17(2)11-10-16-14(18)9-6-12-4-7-13(15)8-5-12/h12-13H,3-11,15H2,1-2H3,(H,16,18). The lowest BCUT2D eigenvalue weighted by Gasteiger charge is -2.25. The highest BCUT2D eigenvalue weighted by Crippen LogP contribution is 2.26. The van der Waals surface area contributed by atoms with Crippen LogP contribution in [0.1, 0.15) is 45.4 Å². The molecule has 0 saturated heterocycles. The number of hydrogen-bond acceptors (Lipinski definition) is 3. The molecule has 18 heavy (non-hydrogen) atoms. The summed E-state index contributed by atoms with van der Waals surface area (Å²) in [7, 11) is 2.07. The molecule has 1 saturated carbocycles. The van der Waals surface area contributed by atoms with Gasteiger partial charge in [-0.1, -0.05) is 6.92 Å². The zero-order chi connectivity index (χ0) is 13.4. The topological polar surface area (TPSA) is 58.4 Å². The lowest BCUT2D eigenvalue weighted by atomic mass is 9.84. The molecule has 0 radical (unpaired) electrons. The molecular formula is C14H29N3O. The van der Waals surface area contributed by atoms with Crippen LogP contribution in [-0.2, 0) is 4.79 Å². The SMILES string of the molecule is CCN(C)CCNC(=O)CCC1CCC(N)CC1. The van der Waals surface area contributed by atoms with Gasteiger partial charge < -0.3 is 16.0 Å². The van der Waals surface area contributed by atoms with E-state index < -0.39 is 0 Å². The Balaban J connectivity index is 2.03. The maximum Gasteiger partial charge on any atom is 0.220 e. The summed E-state index contributed by atoms with van der Waals surface area (Å²) in [6.07, 6.45) is 6.37. The third kappa shape index (κ3) is 6.36. The van der Waals surface area contributed by atoms with E-state index in [1.165, 1.54) is 12.8 Å². The first-order chi connectivity index (χ1) is 8.61. The number of carbonyl (C=O) groups excluding carboxylic acids is 1. The van der Waals surface area contributed by atoms with Crippen molar-refractivity contribution in [2.45, 2.75) is 51.5 Å². The molecule has 106 valence electrons. The Hall–Kier alpha value is -0.610. The number of amides is 1. The third-order valence-corrected chi connectivity index (χ3v) is 4.03. The Morgan fingerprint density at radius 3 is 2.61 bits per heavy atom. The highest BCUT2D eigenvalue weighted by atomic mass is 16.1. The average molecular weight is 255 g/mol. The van der Waals surface area contributed by atoms with Crippen LogP contribution >= 0.6 is 0 Å². The van der Waals surface area contributed by atoms with E-state index >= 15 is 0 Å². The van der Waals surface area contributed by atoms with Gasteiger partial charge in [-0.3, -0.25) is 4.79 Å². The first kappa shape index (κ1) is 15.4. The lowest BCUT2D eigenvalue weighted by molar-refractivity contribution is -0.121. The molecule has 0 unspecified atom stereocenters. The summed E-state index contributed by atoms with van der Waals surface area (Å²) in [6.45, 7) is 4.84. The lowest BCUT2D eigenvalue weighted by Crippen LogP contribution is -2.33. The Bertz CT molecular complexity index is 237. The zero-order valence-electron chi connectivity index (χ0n) is 12.0. The van der Waals surface area contributed by atoms with Gasteiger partial charge in [0.2, 0.25) is 5.91 Å². The molecule has 4 nitrogen and oxygen atoms in total. The fraction of sp³-hybridized carbons (Fsp3) is 0.929. The molecule has 0 aromatic carbocycles. The van der Waals surface area contributed by atoms with Gasteiger partial charge in [-0.25, -0.2) is 0 Å². The Kier molecular flexibility index (Phi) is 7.28. The first-order valence-electron chi connectivity index (χ1n) is 7.32. The van der Waals surface area contributed by atoms with Crippen LogP contribution in [0.3, 0.4) is 0 Å². The number of nitrogens with zero attached hydrogens (tertiary/aromatic N) is 1. The minimum atomic E-state index is 0.203. The number of likely N-dealkylation sites (N-methyl/N-ethyl adjacent to an activating group) is 1. The van der Waals surface area contributed by atoms with Gasteiger partial charge in [0, 0.05) is 25.6 Å². The Morgan fingerprint density at radius 2 is 2.00 bits per heavy atom. The second kappa shape index (κ2) is 8.48. The smallest absolute Gasteiger partial charge is 0.220 e. The predicted octanol–water partition coefficient (Wildman–Crippen LogP) is 1.35. The van der Waals surface area contributed by atoms with Crippen molar-refractivity contribution in [3.63, 3.8) is 0 Å². The summed E-state index contributed by atoms with van der Waals surface area (Å²) in [5.74, 6) is 0.920. The molecule has 1 fully saturated rings. The van der Waals surface area contributed by atoms with Gasteiger partial charge >= 0.3 is 0 Å². The van der Waals surface area contributed by atoms with E-state index in [4.69, 9.17) is 5.73 Å². The molecule has 4 heteroatoms. The monoisotopic (exact) mass is 255 g/mol. The van der Waals surface area contributed by atoms with E-state index in [0.29, 0.717) is 18.4 Å². The Morgan fingerprint density at radius 1 is 1.33 bits per heavy atom. The van der Waals surface area contributed by atoms with E-state index in [9.17, 15) is 4.79 Å². The van der Waals surface area contributed by atoms with E-state index in [0.717, 1.165) is 38.9 Å². The molecule has 0 aliphatic heterocycles. The van der Waals surface area contributed by atoms with E-state index in [1.54, 1.807) is 0 Å². The van der Waals surface area contributed by atoms with Crippen molar-refractivity contribution in [3.8, 4) is 0 Å². The van der Waals surface area contributed by atoms with E-state index in [2.05, 4.69) is 24.2 Å². The normalized spacial score (nSPS) is 24.2. The second-order valence-corrected chi connectivity index (χ2v) is 5.57. The quantitative estimate of drug-likeness (QED) is 0.722. The molecule has 1 aliphatic rings. The molecule has 3 N–H and O–H groups in total. The van der Waals surface area contributed by atoms with Crippen molar-refractivity contribution < 1.29 is 4.79 Å². The van der Waals surface area contributed by atoms with E-state index in [-0.39, 0.29) is 5.91 Å². The fourth-order valence-electron chi connectivity index (χ4n) is 2.44. The fourth-order valence-corrected chi connectivity index (χ4v) is 2.44. The van der Waals surface area contributed by atoms with Gasteiger partial charge in [0.05, 0.1) is 0 Å². The number of nitrogens with two attached hydrogens (primary N) is 1. The average Bonchev–Trinajstić information content (AvgIpc) is 2.38. The first-order valence-corrected chi connectivity index (χ1v) is 7.32. The van der Waals surface area contributed by atoms with Crippen molar-refractivity contribution in [2.75, 3.05) is 26.7 Å². The van der Waals surface area contributed by atoms with Gasteiger partial charge in [-0.05, 0) is 51.6 Å². The zero-order valence-corrected chi connectivity index (χ0v) is 12.0. The van der Waals surface area contributed by atoms with Crippen LogP contribution in [0.4, 0.5) is 0 Å². The number of rotatable bonds is 7. The van der Waals surface area contributed by atoms with Crippen LogP contribution < -0.4 is 11.1 Å². The van der Waals surface area contributed by atoms with Gasteiger partial charge in [0.15, 0.2) is 0 Å². The van der Waals surface area contributed by atoms with Gasteiger partial charge in [-0.15, -0.1) is 0 Å². The molecule has 0 spiro atoms. The maximum absolute atomic E-state index is 11.7. The van der Waals surface area contributed by atoms with Crippen LogP contribution in [0.2, 0.25) is 0 Å².